The summed E-state index contributed by atoms with van der Waals surface area (Å²) >= 11 is 0. The molecule has 2 nitrogen and oxygen atoms in total. The van der Waals surface area contributed by atoms with Crippen molar-refractivity contribution in [2.45, 2.75) is 78.4 Å². The summed E-state index contributed by atoms with van der Waals surface area (Å²) in [6.45, 7) is 14.6. The molecular weight excluding hydrogens is 270 g/mol. The average Bonchev–Trinajstić information content (AvgIpc) is 2.51. The molecule has 1 aliphatic heterocycles. The molecule has 2 heteroatoms. The third kappa shape index (κ3) is 3.65. The smallest absolute Gasteiger partial charge is 0.124 e. The molecule has 1 atom stereocenters. The lowest BCUT2D eigenvalue weighted by Gasteiger charge is -2.42. The van der Waals surface area contributed by atoms with Crippen LogP contribution in [0.5, 0.6) is 5.75 Å². The van der Waals surface area contributed by atoms with Crippen molar-refractivity contribution in [2.75, 3.05) is 6.54 Å². The normalized spacial score (nSPS) is 20.1. The van der Waals surface area contributed by atoms with E-state index in [0.717, 1.165) is 31.6 Å². The molecule has 0 aliphatic carbocycles. The maximum atomic E-state index is 6.45. The maximum Gasteiger partial charge on any atom is 0.124 e. The molecule has 0 spiro atoms. The van der Waals surface area contributed by atoms with E-state index >= 15 is 0 Å². The third-order valence-electron chi connectivity index (χ3n) is 5.04. The predicted octanol–water partition coefficient (Wildman–Crippen LogP) is 5.44. The molecule has 0 bridgehead atoms. The minimum Gasteiger partial charge on any atom is -0.487 e. The van der Waals surface area contributed by atoms with Gasteiger partial charge in [0.2, 0.25) is 0 Å². The Morgan fingerprint density at radius 1 is 1.18 bits per heavy atom. The van der Waals surface area contributed by atoms with E-state index in [0.29, 0.717) is 17.9 Å². The Bertz CT molecular complexity index is 488. The molecule has 0 amide bonds. The van der Waals surface area contributed by atoms with Crippen LogP contribution in [0.15, 0.2) is 18.2 Å². The number of fused-ring (bicyclic) bond motifs is 1. The van der Waals surface area contributed by atoms with Crippen LogP contribution >= 0.6 is 0 Å². The molecule has 0 fully saturated rings. The molecule has 1 N–H and O–H groups in total. The highest BCUT2D eigenvalue weighted by Gasteiger charge is 2.38. The van der Waals surface area contributed by atoms with Crippen molar-refractivity contribution in [1.82, 2.24) is 5.32 Å². The van der Waals surface area contributed by atoms with Crippen molar-refractivity contribution in [2.24, 2.45) is 5.92 Å². The first-order valence-corrected chi connectivity index (χ1v) is 8.97. The molecule has 0 saturated heterocycles. The van der Waals surface area contributed by atoms with E-state index in [9.17, 15) is 0 Å². The molecule has 0 aromatic heterocycles. The number of rotatable bonds is 6. The number of nitrogens with one attached hydrogen (secondary N) is 1. The van der Waals surface area contributed by atoms with Gasteiger partial charge < -0.3 is 10.1 Å². The van der Waals surface area contributed by atoms with Gasteiger partial charge in [0.15, 0.2) is 0 Å². The van der Waals surface area contributed by atoms with Gasteiger partial charge in [-0.25, -0.2) is 0 Å². The lowest BCUT2D eigenvalue weighted by Crippen LogP contribution is -2.44. The molecule has 22 heavy (non-hydrogen) atoms. The summed E-state index contributed by atoms with van der Waals surface area (Å²) in [5.74, 6) is 2.30. The average molecular weight is 303 g/mol. The van der Waals surface area contributed by atoms with Gasteiger partial charge >= 0.3 is 0 Å². The molecule has 2 rings (SSSR count). The first-order chi connectivity index (χ1) is 10.4. The van der Waals surface area contributed by atoms with Gasteiger partial charge in [-0.3, -0.25) is 0 Å². The summed E-state index contributed by atoms with van der Waals surface area (Å²) in [7, 11) is 0. The molecule has 1 aromatic rings. The van der Waals surface area contributed by atoms with E-state index in [1.165, 1.54) is 11.1 Å². The summed E-state index contributed by atoms with van der Waals surface area (Å²) in [5.41, 5.74) is 2.74. The second-order valence-corrected chi connectivity index (χ2v) is 7.50. The Kier molecular flexibility index (Phi) is 5.55. The van der Waals surface area contributed by atoms with Crippen molar-refractivity contribution >= 4 is 0 Å². The Hall–Kier alpha value is -1.02. The summed E-state index contributed by atoms with van der Waals surface area (Å²) in [6.07, 6.45) is 3.20. The van der Waals surface area contributed by atoms with E-state index < -0.39 is 0 Å². The van der Waals surface area contributed by atoms with Crippen LogP contribution < -0.4 is 10.1 Å². The largest absolute Gasteiger partial charge is 0.487 e. The summed E-state index contributed by atoms with van der Waals surface area (Å²) in [5, 5.41) is 3.79. The van der Waals surface area contributed by atoms with Crippen molar-refractivity contribution in [1.29, 1.82) is 0 Å². The van der Waals surface area contributed by atoms with Crippen LogP contribution in [-0.4, -0.2) is 12.1 Å². The number of benzene rings is 1. The fraction of sp³-hybridized carbons (Fsp3) is 0.700. The molecule has 124 valence electrons. The second-order valence-electron chi connectivity index (χ2n) is 7.50. The topological polar surface area (TPSA) is 21.3 Å². The van der Waals surface area contributed by atoms with Gasteiger partial charge in [0.1, 0.15) is 11.4 Å². The first-order valence-electron chi connectivity index (χ1n) is 8.97. The minimum atomic E-state index is -0.0129. The number of ether oxygens (including phenoxy) is 1. The molecule has 0 saturated carbocycles. The van der Waals surface area contributed by atoms with Crippen LogP contribution in [0.4, 0.5) is 0 Å². The maximum absolute atomic E-state index is 6.45. The highest BCUT2D eigenvalue weighted by atomic mass is 16.5. The van der Waals surface area contributed by atoms with E-state index in [1.807, 2.05) is 0 Å². The number of hydrogen-bond donors (Lipinski definition) is 1. The van der Waals surface area contributed by atoms with Gasteiger partial charge in [0, 0.05) is 18.0 Å². The van der Waals surface area contributed by atoms with Crippen molar-refractivity contribution < 1.29 is 4.74 Å². The molecule has 1 heterocycles. The van der Waals surface area contributed by atoms with Gasteiger partial charge in [-0.1, -0.05) is 53.7 Å². The third-order valence-corrected chi connectivity index (χ3v) is 5.04. The summed E-state index contributed by atoms with van der Waals surface area (Å²) in [4.78, 5) is 0. The van der Waals surface area contributed by atoms with Crippen LogP contribution in [0.1, 0.15) is 83.9 Å². The fourth-order valence-electron chi connectivity index (χ4n) is 3.29. The van der Waals surface area contributed by atoms with Gasteiger partial charge in [-0.2, -0.15) is 0 Å². The van der Waals surface area contributed by atoms with Crippen molar-refractivity contribution in [3.05, 3.63) is 29.3 Å². The van der Waals surface area contributed by atoms with Crippen molar-refractivity contribution in [3.63, 3.8) is 0 Å². The highest BCUT2D eigenvalue weighted by molar-refractivity contribution is 5.43. The zero-order valence-electron chi connectivity index (χ0n) is 15.2. The standard InChI is InChI=1S/C20H33NO/c1-7-20(8-2)12-18(21-13-14(3)4)17-11-16(15(5)6)9-10-19(17)22-20/h9-11,14-15,18,21H,7-8,12-13H2,1-6H3. The van der Waals surface area contributed by atoms with Crippen LogP contribution in [0.3, 0.4) is 0 Å². The summed E-state index contributed by atoms with van der Waals surface area (Å²) < 4.78 is 6.45. The molecule has 1 aromatic carbocycles. The Balaban J connectivity index is 2.36. The fourth-order valence-corrected chi connectivity index (χ4v) is 3.29. The first kappa shape index (κ1) is 17.3. The highest BCUT2D eigenvalue weighted by Crippen LogP contribution is 2.43. The Labute approximate surface area is 136 Å². The van der Waals surface area contributed by atoms with Gasteiger partial charge in [0.05, 0.1) is 0 Å². The van der Waals surface area contributed by atoms with E-state index in [-0.39, 0.29) is 5.60 Å². The quantitative estimate of drug-likeness (QED) is 0.755. The SMILES string of the molecule is CCC1(CC)CC(NCC(C)C)c2cc(C(C)C)ccc2O1. The zero-order chi connectivity index (χ0) is 16.3. The molecular formula is C20H33NO. The Morgan fingerprint density at radius 3 is 2.41 bits per heavy atom. The van der Waals surface area contributed by atoms with Crippen LogP contribution in [0.2, 0.25) is 0 Å². The lowest BCUT2D eigenvalue weighted by molar-refractivity contribution is 0.0223. The lowest BCUT2D eigenvalue weighted by atomic mass is 9.82. The summed E-state index contributed by atoms with van der Waals surface area (Å²) in [6, 6.07) is 7.18. The van der Waals surface area contributed by atoms with Crippen LogP contribution in [0.25, 0.3) is 0 Å². The van der Waals surface area contributed by atoms with Crippen molar-refractivity contribution in [3.8, 4) is 5.75 Å². The molecule has 1 unspecified atom stereocenters. The Morgan fingerprint density at radius 2 is 1.86 bits per heavy atom. The van der Waals surface area contributed by atoms with Gasteiger partial charge in [0.25, 0.3) is 0 Å². The van der Waals surface area contributed by atoms with Crippen LogP contribution in [0, 0.1) is 5.92 Å². The zero-order valence-corrected chi connectivity index (χ0v) is 15.2. The molecule has 0 radical (unpaired) electrons. The monoisotopic (exact) mass is 303 g/mol. The predicted molar refractivity (Wildman–Crippen MR) is 94.7 cm³/mol. The van der Waals surface area contributed by atoms with E-state index in [2.05, 4.69) is 65.1 Å². The van der Waals surface area contributed by atoms with E-state index in [4.69, 9.17) is 4.74 Å². The van der Waals surface area contributed by atoms with Gasteiger partial charge in [-0.05, 0) is 42.9 Å². The molecule has 1 aliphatic rings. The minimum absolute atomic E-state index is 0.0129. The second kappa shape index (κ2) is 7.04. The number of hydrogen-bond acceptors (Lipinski definition) is 2. The van der Waals surface area contributed by atoms with E-state index in [1.54, 1.807) is 0 Å². The van der Waals surface area contributed by atoms with Gasteiger partial charge in [-0.15, -0.1) is 0 Å². The van der Waals surface area contributed by atoms with Crippen LogP contribution in [-0.2, 0) is 0 Å².